The molecule has 1 unspecified atom stereocenters. The quantitative estimate of drug-likeness (QED) is 0.614. The highest BCUT2D eigenvalue weighted by Crippen LogP contribution is 2.39. The molecule has 1 aromatic carbocycles. The van der Waals surface area contributed by atoms with Gasteiger partial charge in [0.15, 0.2) is 0 Å². The Morgan fingerprint density at radius 1 is 1.31 bits per heavy atom. The molecule has 0 saturated heterocycles. The van der Waals surface area contributed by atoms with Crippen molar-refractivity contribution in [3.05, 3.63) is 35.5 Å². The molecule has 1 atom stereocenters. The van der Waals surface area contributed by atoms with Crippen LogP contribution >= 0.6 is 0 Å². The summed E-state index contributed by atoms with van der Waals surface area (Å²) in [5.41, 5.74) is 14.2. The van der Waals surface area contributed by atoms with Gasteiger partial charge in [-0.25, -0.2) is 4.99 Å². The number of rotatable bonds is 8. The number of nitrogens with two attached hydrogens (primary N) is 2. The Bertz CT molecular complexity index is 754. The van der Waals surface area contributed by atoms with Gasteiger partial charge in [0.05, 0.1) is 12.3 Å². The van der Waals surface area contributed by atoms with Crippen molar-refractivity contribution in [2.75, 3.05) is 26.3 Å². The Morgan fingerprint density at radius 2 is 2.19 bits per heavy atom. The van der Waals surface area contributed by atoms with E-state index in [0.29, 0.717) is 25.3 Å². The zero-order valence-corrected chi connectivity index (χ0v) is 14.8. The molecule has 138 valence electrons. The number of primary amides is 1. The topological polar surface area (TPSA) is 115 Å². The maximum atomic E-state index is 11.5. The number of hydrogen-bond acceptors (Lipinski definition) is 6. The third-order valence-electron chi connectivity index (χ3n) is 4.50. The van der Waals surface area contributed by atoms with Gasteiger partial charge in [-0.15, -0.1) is 0 Å². The zero-order chi connectivity index (χ0) is 18.4. The molecule has 7 heteroatoms. The average Bonchev–Trinajstić information content (AvgIpc) is 2.66. The average molecular weight is 355 g/mol. The molecule has 0 bridgehead atoms. The van der Waals surface area contributed by atoms with Crippen molar-refractivity contribution < 1.29 is 9.53 Å². The van der Waals surface area contributed by atoms with E-state index in [2.05, 4.69) is 10.3 Å². The fourth-order valence-corrected chi connectivity index (χ4v) is 3.13. The number of unbranched alkanes of at least 4 members (excludes halogenated alkanes) is 1. The van der Waals surface area contributed by atoms with Gasteiger partial charge in [-0.05, 0) is 43.5 Å². The van der Waals surface area contributed by atoms with Crippen LogP contribution in [0.15, 0.2) is 34.4 Å². The van der Waals surface area contributed by atoms with E-state index in [1.54, 1.807) is 12.1 Å². The highest BCUT2D eigenvalue weighted by atomic mass is 16.5. The first kappa shape index (κ1) is 18.3. The lowest BCUT2D eigenvalue weighted by Crippen LogP contribution is -2.36. The van der Waals surface area contributed by atoms with E-state index >= 15 is 0 Å². The lowest BCUT2D eigenvalue weighted by Gasteiger charge is -2.29. The molecule has 0 aliphatic carbocycles. The second-order valence-corrected chi connectivity index (χ2v) is 6.33. The first-order valence-corrected chi connectivity index (χ1v) is 8.97. The summed E-state index contributed by atoms with van der Waals surface area (Å²) in [4.78, 5) is 20.5. The summed E-state index contributed by atoms with van der Waals surface area (Å²) < 4.78 is 5.61. The van der Waals surface area contributed by atoms with E-state index in [0.717, 1.165) is 48.5 Å². The van der Waals surface area contributed by atoms with E-state index in [-0.39, 0.29) is 5.92 Å². The molecule has 5 N–H and O–H groups in total. The molecule has 0 aromatic heterocycles. The number of carbonyl (C=O) groups excluding carboxylic acids is 1. The first-order valence-electron chi connectivity index (χ1n) is 8.97. The van der Waals surface area contributed by atoms with E-state index in [9.17, 15) is 4.79 Å². The van der Waals surface area contributed by atoms with Crippen molar-refractivity contribution in [3.63, 3.8) is 0 Å². The molecule has 0 spiro atoms. The highest BCUT2D eigenvalue weighted by Gasteiger charge is 2.29. The maximum absolute atomic E-state index is 11.5. The molecule has 3 rings (SSSR count). The van der Waals surface area contributed by atoms with Crippen LogP contribution in [0.3, 0.4) is 0 Å². The minimum absolute atomic E-state index is 0.150. The summed E-state index contributed by atoms with van der Waals surface area (Å²) in [6, 6.07) is 5.37. The number of carbonyl (C=O) groups is 1. The second-order valence-electron chi connectivity index (χ2n) is 6.33. The van der Waals surface area contributed by atoms with Crippen LogP contribution in [0.5, 0.6) is 0 Å². The van der Waals surface area contributed by atoms with Crippen LogP contribution in [0.1, 0.15) is 35.2 Å². The summed E-state index contributed by atoms with van der Waals surface area (Å²) in [7, 11) is 0. The van der Waals surface area contributed by atoms with E-state index in [4.69, 9.17) is 21.2 Å². The molecule has 2 heterocycles. The molecule has 2 aliphatic rings. The van der Waals surface area contributed by atoms with Crippen LogP contribution in [0.2, 0.25) is 0 Å². The standard InChI is InChI=1S/C19H25N5O2/c20-6-1-2-9-26-10-8-23-19-15-5-7-22-12-16(15)14-4-3-13(18(21)25)11-17(14)24-19/h3-4,7,11-12,15H,1-2,5-6,8-10,20H2,(H2,21,25)(H,23,24). The number of amides is 1. The Labute approximate surface area is 153 Å². The van der Waals surface area contributed by atoms with Gasteiger partial charge < -0.3 is 21.5 Å². The van der Waals surface area contributed by atoms with Crippen molar-refractivity contribution in [1.82, 2.24) is 5.32 Å². The molecule has 1 amide bonds. The summed E-state index contributed by atoms with van der Waals surface area (Å²) >= 11 is 0. The minimum Gasteiger partial charge on any atom is -0.380 e. The number of aliphatic imine (C=N–C) groups is 2. The molecule has 7 nitrogen and oxygen atoms in total. The SMILES string of the molecule is NCCCCOCCNC1=Nc2cc(C(N)=O)ccc2C2=CN=CCC21. The van der Waals surface area contributed by atoms with Gasteiger partial charge in [0.1, 0.15) is 5.84 Å². The molecular formula is C19H25N5O2. The molecule has 0 fully saturated rings. The summed E-state index contributed by atoms with van der Waals surface area (Å²) in [6.07, 6.45) is 6.53. The summed E-state index contributed by atoms with van der Waals surface area (Å²) in [6.45, 7) is 2.70. The van der Waals surface area contributed by atoms with Crippen molar-refractivity contribution in [2.24, 2.45) is 27.4 Å². The molecule has 0 radical (unpaired) electrons. The Balaban J connectivity index is 1.70. The third-order valence-corrected chi connectivity index (χ3v) is 4.50. The van der Waals surface area contributed by atoms with Crippen LogP contribution in [0, 0.1) is 5.92 Å². The highest BCUT2D eigenvalue weighted by molar-refractivity contribution is 6.05. The Hall–Kier alpha value is -2.51. The molecule has 2 aliphatic heterocycles. The molecule has 26 heavy (non-hydrogen) atoms. The molecule has 0 saturated carbocycles. The Kier molecular flexibility index (Phi) is 6.14. The zero-order valence-electron chi connectivity index (χ0n) is 14.8. The van der Waals surface area contributed by atoms with Crippen molar-refractivity contribution in [3.8, 4) is 0 Å². The summed E-state index contributed by atoms with van der Waals surface area (Å²) in [5.74, 6) is 0.569. The van der Waals surface area contributed by atoms with Crippen LogP contribution in [0.25, 0.3) is 5.57 Å². The fraction of sp³-hybridized carbons (Fsp3) is 0.421. The van der Waals surface area contributed by atoms with Gasteiger partial charge in [-0.2, -0.15) is 0 Å². The number of nitrogens with one attached hydrogen (secondary N) is 1. The third kappa shape index (κ3) is 4.17. The van der Waals surface area contributed by atoms with Crippen molar-refractivity contribution in [1.29, 1.82) is 0 Å². The van der Waals surface area contributed by atoms with Gasteiger partial charge >= 0.3 is 0 Å². The van der Waals surface area contributed by atoms with Gasteiger partial charge in [0.25, 0.3) is 0 Å². The monoisotopic (exact) mass is 355 g/mol. The second kappa shape index (κ2) is 8.73. The van der Waals surface area contributed by atoms with E-state index in [1.165, 1.54) is 0 Å². The van der Waals surface area contributed by atoms with Gasteiger partial charge in [0, 0.05) is 42.6 Å². The molecule has 1 aromatic rings. The van der Waals surface area contributed by atoms with Crippen LogP contribution in [-0.2, 0) is 4.74 Å². The number of ether oxygens (including phenoxy) is 1. The first-order chi connectivity index (χ1) is 12.7. The minimum atomic E-state index is -0.457. The van der Waals surface area contributed by atoms with Crippen molar-refractivity contribution in [2.45, 2.75) is 19.3 Å². The predicted octanol–water partition coefficient (Wildman–Crippen LogP) is 1.61. The lowest BCUT2D eigenvalue weighted by atomic mass is 9.85. The van der Waals surface area contributed by atoms with Crippen LogP contribution in [0.4, 0.5) is 5.69 Å². The predicted molar refractivity (Wildman–Crippen MR) is 104 cm³/mol. The number of nitrogens with zero attached hydrogens (tertiary/aromatic N) is 2. The van der Waals surface area contributed by atoms with Gasteiger partial charge in [-0.1, -0.05) is 6.07 Å². The Morgan fingerprint density at radius 3 is 3.00 bits per heavy atom. The van der Waals surface area contributed by atoms with Crippen molar-refractivity contribution >= 4 is 29.2 Å². The number of hydrogen-bond donors (Lipinski definition) is 3. The van der Waals surface area contributed by atoms with E-state index < -0.39 is 5.91 Å². The van der Waals surface area contributed by atoms with Gasteiger partial charge in [-0.3, -0.25) is 9.79 Å². The normalized spacial score (nSPS) is 17.8. The largest absolute Gasteiger partial charge is 0.380 e. The van der Waals surface area contributed by atoms with Crippen LogP contribution < -0.4 is 16.8 Å². The number of fused-ring (bicyclic) bond motifs is 3. The molecular weight excluding hydrogens is 330 g/mol. The lowest BCUT2D eigenvalue weighted by molar-refractivity contribution is 0.100. The number of amidine groups is 1. The fourth-order valence-electron chi connectivity index (χ4n) is 3.13. The smallest absolute Gasteiger partial charge is 0.248 e. The summed E-state index contributed by atoms with van der Waals surface area (Å²) in [5, 5.41) is 3.38. The van der Waals surface area contributed by atoms with Crippen LogP contribution in [-0.4, -0.2) is 44.3 Å². The van der Waals surface area contributed by atoms with Gasteiger partial charge in [0.2, 0.25) is 5.91 Å². The number of benzene rings is 1. The maximum Gasteiger partial charge on any atom is 0.248 e. The van der Waals surface area contributed by atoms with E-state index in [1.807, 2.05) is 18.5 Å².